The number of anilines is 1. The van der Waals surface area contributed by atoms with Gasteiger partial charge in [-0.3, -0.25) is 14.0 Å². The third-order valence-corrected chi connectivity index (χ3v) is 10.00. The number of nitrogens with zero attached hydrogens (tertiary/aromatic N) is 3. The Morgan fingerprint density at radius 2 is 1.70 bits per heavy atom. The van der Waals surface area contributed by atoms with Crippen LogP contribution in [0.2, 0.25) is 0 Å². The van der Waals surface area contributed by atoms with Crippen LogP contribution in [0.5, 0.6) is 0 Å². The Morgan fingerprint density at radius 1 is 1.03 bits per heavy atom. The van der Waals surface area contributed by atoms with Crippen LogP contribution in [0.4, 0.5) is 5.69 Å². The van der Waals surface area contributed by atoms with E-state index in [1.165, 1.54) is 23.5 Å². The van der Waals surface area contributed by atoms with Crippen LogP contribution in [0, 0.1) is 6.92 Å². The lowest BCUT2D eigenvalue weighted by Crippen LogP contribution is -2.52. The van der Waals surface area contributed by atoms with E-state index in [9.17, 15) is 21.6 Å². The maximum atomic E-state index is 13.2. The molecule has 2 aliphatic heterocycles. The molecule has 2 aromatic carbocycles. The summed E-state index contributed by atoms with van der Waals surface area (Å²) in [5.74, 6) is 0.202. The third kappa shape index (κ3) is 5.07. The standard InChI is InChI=1S/C23H29N3O5S2/c1-18-6-8-20(9-7-18)24(2)33(30,31)22-5-3-4-19(16-22)23(27)26-13-11-25(12-14-26)21-10-15-32(28,29)17-21/h3-9,16,21H,10-15,17H2,1-2H3. The lowest BCUT2D eigenvalue weighted by Gasteiger charge is -2.37. The van der Waals surface area contributed by atoms with Gasteiger partial charge in [0.05, 0.1) is 22.1 Å². The molecule has 2 heterocycles. The van der Waals surface area contributed by atoms with Crippen molar-refractivity contribution in [3.05, 3.63) is 59.7 Å². The molecule has 0 saturated carbocycles. The molecule has 10 heteroatoms. The molecule has 33 heavy (non-hydrogen) atoms. The van der Waals surface area contributed by atoms with Crippen molar-refractivity contribution in [1.82, 2.24) is 9.80 Å². The van der Waals surface area contributed by atoms with E-state index in [4.69, 9.17) is 0 Å². The topological polar surface area (TPSA) is 95.1 Å². The van der Waals surface area contributed by atoms with Crippen molar-refractivity contribution in [2.75, 3.05) is 49.0 Å². The van der Waals surface area contributed by atoms with E-state index in [0.29, 0.717) is 43.9 Å². The Balaban J connectivity index is 1.45. The van der Waals surface area contributed by atoms with Crippen LogP contribution in [0.25, 0.3) is 0 Å². The molecule has 2 aliphatic rings. The van der Waals surface area contributed by atoms with Crippen molar-refractivity contribution in [2.24, 2.45) is 0 Å². The number of carbonyl (C=O) groups is 1. The average molecular weight is 492 g/mol. The minimum atomic E-state index is -3.83. The van der Waals surface area contributed by atoms with Gasteiger partial charge in [-0.15, -0.1) is 0 Å². The van der Waals surface area contributed by atoms with Crippen molar-refractivity contribution < 1.29 is 21.6 Å². The molecule has 0 spiro atoms. The van der Waals surface area contributed by atoms with Gasteiger partial charge in [-0.1, -0.05) is 23.8 Å². The van der Waals surface area contributed by atoms with Crippen LogP contribution < -0.4 is 4.31 Å². The Bertz CT molecular complexity index is 1240. The van der Waals surface area contributed by atoms with Gasteiger partial charge >= 0.3 is 0 Å². The number of amides is 1. The van der Waals surface area contributed by atoms with Gasteiger partial charge in [0.15, 0.2) is 9.84 Å². The van der Waals surface area contributed by atoms with E-state index in [-0.39, 0.29) is 28.4 Å². The molecule has 0 aromatic heterocycles. The van der Waals surface area contributed by atoms with Gasteiger partial charge in [0.2, 0.25) is 0 Å². The fourth-order valence-corrected chi connectivity index (χ4v) is 7.38. The first-order valence-corrected chi connectivity index (χ1v) is 14.2. The number of rotatable bonds is 5. The molecule has 1 unspecified atom stereocenters. The Hall–Kier alpha value is -2.43. The fourth-order valence-electron chi connectivity index (χ4n) is 4.38. The molecular formula is C23H29N3O5S2. The van der Waals surface area contributed by atoms with E-state index in [0.717, 1.165) is 5.56 Å². The Kier molecular flexibility index (Phi) is 6.52. The third-order valence-electron chi connectivity index (χ3n) is 6.46. The van der Waals surface area contributed by atoms with Crippen LogP contribution in [-0.2, 0) is 19.9 Å². The van der Waals surface area contributed by atoms with Gasteiger partial charge in [-0.2, -0.15) is 0 Å². The zero-order chi connectivity index (χ0) is 23.8. The summed E-state index contributed by atoms with van der Waals surface area (Å²) in [6.45, 7) is 4.12. The molecule has 8 nitrogen and oxygen atoms in total. The van der Waals surface area contributed by atoms with Crippen LogP contribution in [-0.4, -0.2) is 83.3 Å². The summed E-state index contributed by atoms with van der Waals surface area (Å²) < 4.78 is 51.1. The van der Waals surface area contributed by atoms with Crippen LogP contribution in [0.1, 0.15) is 22.3 Å². The molecule has 2 aromatic rings. The van der Waals surface area contributed by atoms with Gasteiger partial charge in [0.1, 0.15) is 0 Å². The number of carbonyl (C=O) groups excluding carboxylic acids is 1. The molecule has 1 atom stereocenters. The second-order valence-electron chi connectivity index (χ2n) is 8.72. The van der Waals surface area contributed by atoms with E-state index < -0.39 is 19.9 Å². The van der Waals surface area contributed by atoms with Crippen molar-refractivity contribution >= 4 is 31.5 Å². The molecule has 1 amide bonds. The summed E-state index contributed by atoms with van der Waals surface area (Å²) in [5.41, 5.74) is 1.90. The number of aryl methyl sites for hydroxylation is 1. The van der Waals surface area contributed by atoms with E-state index in [2.05, 4.69) is 4.90 Å². The summed E-state index contributed by atoms with van der Waals surface area (Å²) in [6, 6.07) is 13.4. The normalized spacial score (nSPS) is 21.2. The zero-order valence-corrected chi connectivity index (χ0v) is 20.5. The average Bonchev–Trinajstić information content (AvgIpc) is 3.18. The van der Waals surface area contributed by atoms with Crippen LogP contribution in [0.3, 0.4) is 0 Å². The molecular weight excluding hydrogens is 462 g/mol. The monoisotopic (exact) mass is 491 g/mol. The number of benzene rings is 2. The van der Waals surface area contributed by atoms with Gasteiger partial charge in [-0.25, -0.2) is 16.8 Å². The summed E-state index contributed by atoms with van der Waals surface area (Å²) in [7, 11) is -5.28. The molecule has 0 bridgehead atoms. The highest BCUT2D eigenvalue weighted by Gasteiger charge is 2.34. The minimum absolute atomic E-state index is 0.0260. The molecule has 2 saturated heterocycles. The molecule has 4 rings (SSSR count). The second kappa shape index (κ2) is 9.08. The highest BCUT2D eigenvalue weighted by molar-refractivity contribution is 7.92. The number of piperazine rings is 1. The van der Waals surface area contributed by atoms with Crippen LogP contribution in [0.15, 0.2) is 53.4 Å². The fraction of sp³-hybridized carbons (Fsp3) is 0.435. The predicted octanol–water partition coefficient (Wildman–Crippen LogP) is 1.77. The van der Waals surface area contributed by atoms with Gasteiger partial charge in [0, 0.05) is 44.8 Å². The summed E-state index contributed by atoms with van der Waals surface area (Å²) in [5, 5.41) is 0. The largest absolute Gasteiger partial charge is 0.336 e. The van der Waals surface area contributed by atoms with Crippen LogP contribution >= 0.6 is 0 Å². The van der Waals surface area contributed by atoms with Gasteiger partial charge in [0.25, 0.3) is 15.9 Å². The first kappa shape index (κ1) is 23.7. The molecule has 0 aliphatic carbocycles. The summed E-state index contributed by atoms with van der Waals surface area (Å²) in [4.78, 5) is 17.0. The first-order valence-electron chi connectivity index (χ1n) is 11.0. The Morgan fingerprint density at radius 3 is 2.30 bits per heavy atom. The molecule has 0 N–H and O–H groups in total. The van der Waals surface area contributed by atoms with Crippen molar-refractivity contribution in [3.8, 4) is 0 Å². The molecule has 178 valence electrons. The highest BCUT2D eigenvalue weighted by Crippen LogP contribution is 2.24. The predicted molar refractivity (Wildman–Crippen MR) is 128 cm³/mol. The lowest BCUT2D eigenvalue weighted by molar-refractivity contribution is 0.0587. The van der Waals surface area contributed by atoms with E-state index >= 15 is 0 Å². The maximum Gasteiger partial charge on any atom is 0.264 e. The zero-order valence-electron chi connectivity index (χ0n) is 18.8. The van der Waals surface area contributed by atoms with E-state index in [1.54, 1.807) is 29.2 Å². The Labute approximate surface area is 195 Å². The minimum Gasteiger partial charge on any atom is -0.336 e. The summed E-state index contributed by atoms with van der Waals surface area (Å²) >= 11 is 0. The maximum absolute atomic E-state index is 13.2. The number of hydrogen-bond acceptors (Lipinski definition) is 6. The molecule has 2 fully saturated rings. The number of sulfone groups is 1. The number of sulfonamides is 1. The van der Waals surface area contributed by atoms with Crippen molar-refractivity contribution in [1.29, 1.82) is 0 Å². The summed E-state index contributed by atoms with van der Waals surface area (Å²) in [6.07, 6.45) is 0.644. The first-order chi connectivity index (χ1) is 15.6. The molecule has 0 radical (unpaired) electrons. The number of hydrogen-bond donors (Lipinski definition) is 0. The van der Waals surface area contributed by atoms with Crippen molar-refractivity contribution in [3.63, 3.8) is 0 Å². The quantitative estimate of drug-likeness (QED) is 0.633. The van der Waals surface area contributed by atoms with Crippen molar-refractivity contribution in [2.45, 2.75) is 24.3 Å². The highest BCUT2D eigenvalue weighted by atomic mass is 32.2. The lowest BCUT2D eigenvalue weighted by atomic mass is 10.1. The SMILES string of the molecule is Cc1ccc(N(C)S(=O)(=O)c2cccc(C(=O)N3CCN(C4CCS(=O)(=O)C4)CC3)c2)cc1. The van der Waals surface area contributed by atoms with Gasteiger partial charge < -0.3 is 4.90 Å². The second-order valence-corrected chi connectivity index (χ2v) is 12.9. The van der Waals surface area contributed by atoms with Gasteiger partial charge in [-0.05, 0) is 43.7 Å². The smallest absolute Gasteiger partial charge is 0.264 e. The van der Waals surface area contributed by atoms with E-state index in [1.807, 2.05) is 19.1 Å².